The number of methoxy groups -OCH3 is 2. The minimum absolute atomic E-state index is 0.168. The standard InChI is InChI=1S/C18H18N2O3/c1-22-16-9-8-14(12-17(16)23-2)20-11-10-15(19-18(20)21)13-6-4-3-5-7-13/h3-10,12H,11H2,1-2H3,(H,19,21). The molecule has 1 aliphatic rings. The number of ether oxygens (including phenoxy) is 2. The monoisotopic (exact) mass is 310 g/mol. The average Bonchev–Trinajstić information content (AvgIpc) is 2.61. The van der Waals surface area contributed by atoms with Crippen LogP contribution < -0.4 is 19.7 Å². The molecule has 0 bridgehead atoms. The Balaban J connectivity index is 1.86. The van der Waals surface area contributed by atoms with Crippen LogP contribution in [-0.4, -0.2) is 26.8 Å². The van der Waals surface area contributed by atoms with Gasteiger partial charge < -0.3 is 14.8 Å². The number of nitrogens with zero attached hydrogens (tertiary/aromatic N) is 1. The van der Waals surface area contributed by atoms with E-state index < -0.39 is 0 Å². The highest BCUT2D eigenvalue weighted by Crippen LogP contribution is 2.32. The molecule has 0 aliphatic carbocycles. The Labute approximate surface area is 135 Å². The Morgan fingerprint density at radius 2 is 1.74 bits per heavy atom. The van der Waals surface area contributed by atoms with Crippen LogP contribution in [0.3, 0.4) is 0 Å². The van der Waals surface area contributed by atoms with E-state index in [4.69, 9.17) is 9.47 Å². The number of benzene rings is 2. The summed E-state index contributed by atoms with van der Waals surface area (Å²) < 4.78 is 10.5. The number of nitrogens with one attached hydrogen (secondary N) is 1. The van der Waals surface area contributed by atoms with Crippen molar-refractivity contribution >= 4 is 17.4 Å². The van der Waals surface area contributed by atoms with Gasteiger partial charge in [0.15, 0.2) is 11.5 Å². The second-order valence-electron chi connectivity index (χ2n) is 5.06. The molecule has 2 aromatic carbocycles. The lowest BCUT2D eigenvalue weighted by atomic mass is 10.1. The third-order valence-corrected chi connectivity index (χ3v) is 3.73. The van der Waals surface area contributed by atoms with Gasteiger partial charge in [0.1, 0.15) is 0 Å². The van der Waals surface area contributed by atoms with Crippen LogP contribution in [-0.2, 0) is 0 Å². The molecule has 5 heteroatoms. The van der Waals surface area contributed by atoms with Gasteiger partial charge in [0.25, 0.3) is 0 Å². The molecule has 1 aliphatic heterocycles. The van der Waals surface area contributed by atoms with Gasteiger partial charge in [0, 0.05) is 24.0 Å². The Morgan fingerprint density at radius 3 is 2.39 bits per heavy atom. The van der Waals surface area contributed by atoms with Gasteiger partial charge in [-0.2, -0.15) is 0 Å². The van der Waals surface area contributed by atoms with E-state index in [1.807, 2.05) is 42.5 Å². The SMILES string of the molecule is COc1ccc(N2CC=C(c3ccccc3)NC2=O)cc1OC. The molecule has 0 saturated carbocycles. The predicted molar refractivity (Wildman–Crippen MR) is 89.8 cm³/mol. The van der Waals surface area contributed by atoms with Gasteiger partial charge in [-0.25, -0.2) is 4.79 Å². The van der Waals surface area contributed by atoms with Crippen LogP contribution in [0.5, 0.6) is 11.5 Å². The third-order valence-electron chi connectivity index (χ3n) is 3.73. The van der Waals surface area contributed by atoms with Crippen LogP contribution in [0.1, 0.15) is 5.56 Å². The zero-order valence-electron chi connectivity index (χ0n) is 13.1. The van der Waals surface area contributed by atoms with Crippen molar-refractivity contribution in [3.8, 4) is 11.5 Å². The van der Waals surface area contributed by atoms with E-state index in [1.54, 1.807) is 31.3 Å². The molecule has 0 atom stereocenters. The largest absolute Gasteiger partial charge is 0.493 e. The van der Waals surface area contributed by atoms with Crippen LogP contribution in [0.25, 0.3) is 5.70 Å². The van der Waals surface area contributed by atoms with Crippen molar-refractivity contribution in [2.45, 2.75) is 0 Å². The summed E-state index contributed by atoms with van der Waals surface area (Å²) in [5.41, 5.74) is 2.57. The van der Waals surface area contributed by atoms with Crippen molar-refractivity contribution in [1.29, 1.82) is 0 Å². The number of rotatable bonds is 4. The Morgan fingerprint density at radius 1 is 1.00 bits per heavy atom. The highest BCUT2D eigenvalue weighted by atomic mass is 16.5. The van der Waals surface area contributed by atoms with Gasteiger partial charge in [-0.15, -0.1) is 0 Å². The van der Waals surface area contributed by atoms with E-state index in [-0.39, 0.29) is 6.03 Å². The first kappa shape index (κ1) is 15.0. The summed E-state index contributed by atoms with van der Waals surface area (Å²) in [5.74, 6) is 1.23. The number of carbonyl (C=O) groups excluding carboxylic acids is 1. The fourth-order valence-corrected chi connectivity index (χ4v) is 2.52. The highest BCUT2D eigenvalue weighted by Gasteiger charge is 2.22. The quantitative estimate of drug-likeness (QED) is 0.943. The van der Waals surface area contributed by atoms with Crippen molar-refractivity contribution in [3.63, 3.8) is 0 Å². The first-order chi connectivity index (χ1) is 11.2. The van der Waals surface area contributed by atoms with Crippen molar-refractivity contribution in [2.75, 3.05) is 25.7 Å². The molecule has 5 nitrogen and oxygen atoms in total. The van der Waals surface area contributed by atoms with E-state index in [2.05, 4.69) is 5.32 Å². The van der Waals surface area contributed by atoms with Crippen LogP contribution in [0, 0.1) is 0 Å². The molecular weight excluding hydrogens is 292 g/mol. The summed E-state index contributed by atoms with van der Waals surface area (Å²) in [6.07, 6.45) is 1.99. The van der Waals surface area contributed by atoms with Crippen LogP contribution in [0.2, 0.25) is 0 Å². The van der Waals surface area contributed by atoms with Gasteiger partial charge in [-0.1, -0.05) is 30.3 Å². The fourth-order valence-electron chi connectivity index (χ4n) is 2.52. The topological polar surface area (TPSA) is 50.8 Å². The Hall–Kier alpha value is -2.95. The van der Waals surface area contributed by atoms with E-state index in [9.17, 15) is 4.79 Å². The van der Waals surface area contributed by atoms with Crippen LogP contribution in [0.15, 0.2) is 54.6 Å². The normalized spacial score (nSPS) is 14.1. The van der Waals surface area contributed by atoms with Crippen molar-refractivity contribution in [1.82, 2.24) is 5.32 Å². The summed E-state index contributed by atoms with van der Waals surface area (Å²) in [4.78, 5) is 14.1. The number of amides is 2. The fraction of sp³-hybridized carbons (Fsp3) is 0.167. The van der Waals surface area contributed by atoms with Gasteiger partial charge in [-0.3, -0.25) is 4.90 Å². The smallest absolute Gasteiger partial charge is 0.326 e. The lowest BCUT2D eigenvalue weighted by Crippen LogP contribution is -2.43. The first-order valence-electron chi connectivity index (χ1n) is 7.29. The van der Waals surface area contributed by atoms with Gasteiger partial charge in [0.05, 0.1) is 14.2 Å². The summed E-state index contributed by atoms with van der Waals surface area (Å²) in [6, 6.07) is 15.0. The Bertz CT molecular complexity index is 741. The number of carbonyl (C=O) groups is 1. The minimum atomic E-state index is -0.168. The Kier molecular flexibility index (Phi) is 4.19. The van der Waals surface area contributed by atoms with Gasteiger partial charge >= 0.3 is 6.03 Å². The predicted octanol–water partition coefficient (Wildman–Crippen LogP) is 3.27. The molecule has 23 heavy (non-hydrogen) atoms. The molecule has 0 unspecified atom stereocenters. The van der Waals surface area contributed by atoms with Gasteiger partial charge in [-0.05, 0) is 23.8 Å². The molecular formula is C18H18N2O3. The summed E-state index contributed by atoms with van der Waals surface area (Å²) >= 11 is 0. The lowest BCUT2D eigenvalue weighted by Gasteiger charge is -2.28. The van der Waals surface area contributed by atoms with Crippen LogP contribution >= 0.6 is 0 Å². The molecule has 0 fully saturated rings. The zero-order valence-corrected chi connectivity index (χ0v) is 13.1. The maximum atomic E-state index is 12.4. The van der Waals surface area contributed by atoms with E-state index in [0.29, 0.717) is 18.0 Å². The highest BCUT2D eigenvalue weighted by molar-refractivity contribution is 6.00. The molecule has 1 N–H and O–H groups in total. The molecule has 0 aromatic heterocycles. The van der Waals surface area contributed by atoms with Crippen LogP contribution in [0.4, 0.5) is 10.5 Å². The lowest BCUT2D eigenvalue weighted by molar-refractivity contribution is 0.250. The molecule has 118 valence electrons. The molecule has 1 heterocycles. The molecule has 2 amide bonds. The molecule has 0 radical (unpaired) electrons. The summed E-state index contributed by atoms with van der Waals surface area (Å²) in [7, 11) is 3.16. The number of hydrogen-bond acceptors (Lipinski definition) is 3. The molecule has 2 aromatic rings. The first-order valence-corrected chi connectivity index (χ1v) is 7.29. The molecule has 0 spiro atoms. The number of urea groups is 1. The maximum Gasteiger partial charge on any atom is 0.326 e. The van der Waals surface area contributed by atoms with Crippen molar-refractivity contribution < 1.29 is 14.3 Å². The van der Waals surface area contributed by atoms with Crippen molar-refractivity contribution in [2.24, 2.45) is 0 Å². The minimum Gasteiger partial charge on any atom is -0.493 e. The number of anilines is 1. The third kappa shape index (κ3) is 2.99. The second kappa shape index (κ2) is 6.44. The second-order valence-corrected chi connectivity index (χ2v) is 5.06. The maximum absolute atomic E-state index is 12.4. The average molecular weight is 310 g/mol. The van der Waals surface area contributed by atoms with E-state index in [0.717, 1.165) is 16.9 Å². The zero-order chi connectivity index (χ0) is 16.2. The molecule has 0 saturated heterocycles. The molecule has 3 rings (SSSR count). The summed E-state index contributed by atoms with van der Waals surface area (Å²) in [5, 5.41) is 2.92. The summed E-state index contributed by atoms with van der Waals surface area (Å²) in [6.45, 7) is 0.492. The van der Waals surface area contributed by atoms with E-state index in [1.165, 1.54) is 0 Å². The van der Waals surface area contributed by atoms with Gasteiger partial charge in [0.2, 0.25) is 0 Å². The van der Waals surface area contributed by atoms with Crippen molar-refractivity contribution in [3.05, 3.63) is 60.2 Å². The van der Waals surface area contributed by atoms with E-state index >= 15 is 0 Å². The number of hydrogen-bond donors (Lipinski definition) is 1.